The van der Waals surface area contributed by atoms with Crippen molar-refractivity contribution in [1.29, 1.82) is 0 Å². The van der Waals surface area contributed by atoms with Gasteiger partial charge in [-0.3, -0.25) is 4.79 Å². The van der Waals surface area contributed by atoms with E-state index in [1.165, 1.54) is 0 Å². The van der Waals surface area contributed by atoms with E-state index in [0.29, 0.717) is 32.2 Å². The Hall–Kier alpha value is -0.450. The van der Waals surface area contributed by atoms with Crippen molar-refractivity contribution < 1.29 is 19.4 Å². The maximum Gasteiger partial charge on any atom is 0.160 e. The fourth-order valence-electron chi connectivity index (χ4n) is 1.59. The van der Waals surface area contributed by atoms with E-state index in [-0.39, 0.29) is 24.4 Å². The van der Waals surface area contributed by atoms with Gasteiger partial charge in [0.2, 0.25) is 0 Å². The normalized spacial score (nSPS) is 13.2. The van der Waals surface area contributed by atoms with Crippen LogP contribution < -0.4 is 0 Å². The third kappa shape index (κ3) is 12.6. The van der Waals surface area contributed by atoms with E-state index in [0.717, 1.165) is 19.3 Å². The molecule has 0 heterocycles. The first kappa shape index (κ1) is 19.6. The Balaban J connectivity index is 3.26. The molecule has 0 saturated heterocycles. The minimum Gasteiger partial charge on any atom is -0.393 e. The highest BCUT2D eigenvalue weighted by Crippen LogP contribution is 2.09. The molecule has 0 fully saturated rings. The van der Waals surface area contributed by atoms with E-state index in [4.69, 9.17) is 9.47 Å². The van der Waals surface area contributed by atoms with Crippen LogP contribution in [-0.2, 0) is 14.3 Å². The zero-order chi connectivity index (χ0) is 15.4. The smallest absolute Gasteiger partial charge is 0.160 e. The van der Waals surface area contributed by atoms with E-state index in [9.17, 15) is 9.90 Å². The van der Waals surface area contributed by atoms with Crippen LogP contribution in [-0.4, -0.2) is 43.4 Å². The molecule has 0 aromatic carbocycles. The van der Waals surface area contributed by atoms with E-state index in [1.807, 2.05) is 13.8 Å². The highest BCUT2D eigenvalue weighted by Gasteiger charge is 2.07. The Kier molecular flexibility index (Phi) is 12.0. The number of ketones is 1. The Bertz CT molecular complexity index is 239. The highest BCUT2D eigenvalue weighted by atomic mass is 16.5. The molecule has 0 amide bonds. The lowest BCUT2D eigenvalue weighted by atomic mass is 10.0. The van der Waals surface area contributed by atoms with Gasteiger partial charge in [0.25, 0.3) is 0 Å². The summed E-state index contributed by atoms with van der Waals surface area (Å²) < 4.78 is 10.7. The van der Waals surface area contributed by atoms with E-state index in [1.54, 1.807) is 0 Å². The van der Waals surface area contributed by atoms with Crippen LogP contribution in [0, 0.1) is 11.8 Å². The van der Waals surface area contributed by atoms with Gasteiger partial charge < -0.3 is 14.6 Å². The van der Waals surface area contributed by atoms with Crippen LogP contribution in [0.25, 0.3) is 0 Å². The Labute approximate surface area is 123 Å². The van der Waals surface area contributed by atoms with Gasteiger partial charge >= 0.3 is 0 Å². The van der Waals surface area contributed by atoms with Gasteiger partial charge in [0, 0.05) is 25.7 Å². The standard InChI is InChI=1S/C16H32O4/c1-13(2)6-7-15(17)8-11-19-9-5-10-20-12-16(18)14(3)4/h13-15,17H,5-12H2,1-4H3. The fourth-order valence-corrected chi connectivity index (χ4v) is 1.59. The second kappa shape index (κ2) is 12.3. The molecule has 1 N–H and O–H groups in total. The molecule has 0 bridgehead atoms. The van der Waals surface area contributed by atoms with Gasteiger partial charge in [-0.1, -0.05) is 27.7 Å². The molecule has 0 spiro atoms. The van der Waals surface area contributed by atoms with Crippen LogP contribution in [0.3, 0.4) is 0 Å². The average Bonchev–Trinajstić information content (AvgIpc) is 2.38. The Morgan fingerprint density at radius 1 is 0.950 bits per heavy atom. The van der Waals surface area contributed by atoms with Gasteiger partial charge in [-0.05, 0) is 31.6 Å². The largest absolute Gasteiger partial charge is 0.393 e. The van der Waals surface area contributed by atoms with Crippen LogP contribution in [0.5, 0.6) is 0 Å². The molecule has 0 saturated carbocycles. The summed E-state index contributed by atoms with van der Waals surface area (Å²) in [6.07, 6.45) is 3.13. The fraction of sp³-hybridized carbons (Fsp3) is 0.938. The van der Waals surface area contributed by atoms with Gasteiger partial charge in [0.15, 0.2) is 5.78 Å². The van der Waals surface area contributed by atoms with Crippen molar-refractivity contribution in [2.75, 3.05) is 26.4 Å². The van der Waals surface area contributed by atoms with Crippen LogP contribution >= 0.6 is 0 Å². The van der Waals surface area contributed by atoms with Crippen molar-refractivity contribution in [2.24, 2.45) is 11.8 Å². The summed E-state index contributed by atoms with van der Waals surface area (Å²) >= 11 is 0. The summed E-state index contributed by atoms with van der Waals surface area (Å²) in [6, 6.07) is 0. The second-order valence-electron chi connectivity index (χ2n) is 6.05. The number of hydrogen-bond donors (Lipinski definition) is 1. The molecule has 0 rings (SSSR count). The molecule has 0 radical (unpaired) electrons. The minimum atomic E-state index is -0.252. The monoisotopic (exact) mass is 288 g/mol. The van der Waals surface area contributed by atoms with Crippen molar-refractivity contribution in [1.82, 2.24) is 0 Å². The average molecular weight is 288 g/mol. The summed E-state index contributed by atoms with van der Waals surface area (Å²) in [5, 5.41) is 9.71. The first-order chi connectivity index (χ1) is 9.43. The summed E-state index contributed by atoms with van der Waals surface area (Å²) in [7, 11) is 0. The van der Waals surface area contributed by atoms with Gasteiger partial charge in [-0.15, -0.1) is 0 Å². The zero-order valence-corrected chi connectivity index (χ0v) is 13.6. The van der Waals surface area contributed by atoms with E-state index >= 15 is 0 Å². The molecule has 0 aromatic rings. The Morgan fingerprint density at radius 3 is 2.20 bits per heavy atom. The first-order valence-electron chi connectivity index (χ1n) is 7.79. The molecule has 0 aliphatic rings. The quantitative estimate of drug-likeness (QED) is 0.529. The molecule has 4 heteroatoms. The van der Waals surface area contributed by atoms with Crippen molar-refractivity contribution in [3.63, 3.8) is 0 Å². The lowest BCUT2D eigenvalue weighted by Gasteiger charge is -2.12. The van der Waals surface area contributed by atoms with Crippen LogP contribution in [0.4, 0.5) is 0 Å². The molecular weight excluding hydrogens is 256 g/mol. The minimum absolute atomic E-state index is 0.0403. The van der Waals surface area contributed by atoms with Gasteiger partial charge in [0.1, 0.15) is 6.61 Å². The molecular formula is C16H32O4. The maximum atomic E-state index is 11.3. The topological polar surface area (TPSA) is 55.8 Å². The van der Waals surface area contributed by atoms with Crippen molar-refractivity contribution in [2.45, 2.75) is 59.5 Å². The predicted octanol–water partition coefficient (Wildman–Crippen LogP) is 2.82. The van der Waals surface area contributed by atoms with Crippen molar-refractivity contribution in [3.05, 3.63) is 0 Å². The van der Waals surface area contributed by atoms with Gasteiger partial charge in [-0.25, -0.2) is 0 Å². The highest BCUT2D eigenvalue weighted by molar-refractivity contribution is 5.81. The van der Waals surface area contributed by atoms with Crippen LogP contribution in [0.2, 0.25) is 0 Å². The number of carbonyl (C=O) groups is 1. The number of Topliss-reactive ketones (excluding diaryl/α,β-unsaturated/α-hetero) is 1. The number of rotatable bonds is 13. The molecule has 1 unspecified atom stereocenters. The number of aliphatic hydroxyl groups excluding tert-OH is 1. The third-order valence-corrected chi connectivity index (χ3v) is 3.14. The third-order valence-electron chi connectivity index (χ3n) is 3.14. The molecule has 1 atom stereocenters. The van der Waals surface area contributed by atoms with Crippen molar-refractivity contribution in [3.8, 4) is 0 Å². The molecule has 0 aliphatic carbocycles. The maximum absolute atomic E-state index is 11.3. The molecule has 20 heavy (non-hydrogen) atoms. The number of aliphatic hydroxyl groups is 1. The molecule has 4 nitrogen and oxygen atoms in total. The van der Waals surface area contributed by atoms with Gasteiger partial charge in [-0.2, -0.15) is 0 Å². The molecule has 120 valence electrons. The molecule has 0 aliphatic heterocycles. The predicted molar refractivity (Wildman–Crippen MR) is 80.8 cm³/mol. The lowest BCUT2D eigenvalue weighted by Crippen LogP contribution is -2.16. The van der Waals surface area contributed by atoms with E-state index < -0.39 is 0 Å². The van der Waals surface area contributed by atoms with Crippen LogP contribution in [0.1, 0.15) is 53.4 Å². The van der Waals surface area contributed by atoms with Gasteiger partial charge in [0.05, 0.1) is 6.10 Å². The Morgan fingerprint density at radius 2 is 1.60 bits per heavy atom. The summed E-state index contributed by atoms with van der Waals surface area (Å²) in [5.41, 5.74) is 0. The lowest BCUT2D eigenvalue weighted by molar-refractivity contribution is -0.126. The second-order valence-corrected chi connectivity index (χ2v) is 6.05. The molecule has 0 aromatic heterocycles. The number of carbonyl (C=O) groups excluding carboxylic acids is 1. The first-order valence-corrected chi connectivity index (χ1v) is 7.79. The zero-order valence-electron chi connectivity index (χ0n) is 13.6. The van der Waals surface area contributed by atoms with Crippen LogP contribution in [0.15, 0.2) is 0 Å². The SMILES string of the molecule is CC(C)CCC(O)CCOCCCOCC(=O)C(C)C. The summed E-state index contributed by atoms with van der Waals surface area (Å²) in [6.45, 7) is 10.0. The van der Waals surface area contributed by atoms with Crippen molar-refractivity contribution >= 4 is 5.78 Å². The summed E-state index contributed by atoms with van der Waals surface area (Å²) in [5.74, 6) is 0.814. The van der Waals surface area contributed by atoms with E-state index in [2.05, 4.69) is 13.8 Å². The summed E-state index contributed by atoms with van der Waals surface area (Å²) in [4.78, 5) is 11.3. The number of hydrogen-bond acceptors (Lipinski definition) is 4. The number of ether oxygens (including phenoxy) is 2.